The Kier molecular flexibility index (Phi) is 3.27. The maximum Gasteiger partial charge on any atom is 0.272 e. The van der Waals surface area contributed by atoms with E-state index in [0.29, 0.717) is 12.4 Å². The number of hydrogen-bond acceptors (Lipinski definition) is 3. The van der Waals surface area contributed by atoms with Crippen LogP contribution in [0.15, 0.2) is 30.3 Å². The number of nitrogen functional groups attached to an aromatic ring is 1. The number of carbonyl (C=O) groups excluding carboxylic acids is 1. The van der Waals surface area contributed by atoms with Crippen LogP contribution in [0.2, 0.25) is 0 Å². The van der Waals surface area contributed by atoms with E-state index in [-0.39, 0.29) is 17.4 Å². The van der Waals surface area contributed by atoms with Crippen LogP contribution < -0.4 is 11.1 Å². The quantitative estimate of drug-likeness (QED) is 0.853. The van der Waals surface area contributed by atoms with E-state index in [1.54, 1.807) is 19.2 Å². The molecule has 6 heteroatoms. The molecule has 18 heavy (non-hydrogen) atoms. The van der Waals surface area contributed by atoms with Gasteiger partial charge in [0.2, 0.25) is 0 Å². The lowest BCUT2D eigenvalue weighted by Gasteiger charge is -2.03. The van der Waals surface area contributed by atoms with Crippen molar-refractivity contribution in [3.8, 4) is 0 Å². The van der Waals surface area contributed by atoms with Crippen LogP contribution in [0.25, 0.3) is 0 Å². The van der Waals surface area contributed by atoms with Crippen molar-refractivity contribution >= 4 is 11.7 Å². The van der Waals surface area contributed by atoms with Gasteiger partial charge in [0, 0.05) is 19.7 Å². The number of amides is 1. The predicted octanol–water partition coefficient (Wildman–Crippen LogP) is 1.07. The highest BCUT2D eigenvalue weighted by Crippen LogP contribution is 2.05. The van der Waals surface area contributed by atoms with E-state index < -0.39 is 0 Å². The lowest BCUT2D eigenvalue weighted by Crippen LogP contribution is -2.23. The van der Waals surface area contributed by atoms with Crippen molar-refractivity contribution in [1.29, 1.82) is 0 Å². The first-order chi connectivity index (χ1) is 8.56. The minimum Gasteiger partial charge on any atom is -0.384 e. The first-order valence-electron chi connectivity index (χ1n) is 5.38. The minimum atomic E-state index is -0.313. The molecule has 1 amide bonds. The highest BCUT2D eigenvalue weighted by atomic mass is 19.1. The second kappa shape index (κ2) is 4.87. The smallest absolute Gasteiger partial charge is 0.272 e. The fourth-order valence-electron chi connectivity index (χ4n) is 1.47. The average Bonchev–Trinajstić information content (AvgIpc) is 2.69. The Bertz CT molecular complexity index is 542. The van der Waals surface area contributed by atoms with Crippen molar-refractivity contribution in [1.82, 2.24) is 15.1 Å². The molecule has 0 aliphatic rings. The number of hydrogen-bond donors (Lipinski definition) is 2. The van der Waals surface area contributed by atoms with Crippen LogP contribution in [0, 0.1) is 5.82 Å². The normalized spacial score (nSPS) is 10.3. The number of nitrogens with one attached hydrogen (secondary N) is 1. The molecule has 0 radical (unpaired) electrons. The van der Waals surface area contributed by atoms with Gasteiger partial charge in [-0.1, -0.05) is 12.1 Å². The molecule has 0 aliphatic carbocycles. The summed E-state index contributed by atoms with van der Waals surface area (Å²) in [4.78, 5) is 11.7. The van der Waals surface area contributed by atoms with Gasteiger partial charge in [0.1, 0.15) is 11.6 Å². The second-order valence-corrected chi connectivity index (χ2v) is 3.89. The number of carbonyl (C=O) groups is 1. The van der Waals surface area contributed by atoms with Crippen LogP contribution in [0.1, 0.15) is 16.1 Å². The molecule has 0 bridgehead atoms. The molecule has 3 N–H and O–H groups in total. The highest BCUT2D eigenvalue weighted by Gasteiger charge is 2.10. The molecule has 2 rings (SSSR count). The van der Waals surface area contributed by atoms with E-state index in [9.17, 15) is 9.18 Å². The number of aromatic nitrogens is 2. The van der Waals surface area contributed by atoms with E-state index >= 15 is 0 Å². The third-order valence-electron chi connectivity index (χ3n) is 2.51. The van der Waals surface area contributed by atoms with E-state index in [4.69, 9.17) is 5.73 Å². The van der Waals surface area contributed by atoms with Gasteiger partial charge in [-0.3, -0.25) is 9.48 Å². The van der Waals surface area contributed by atoms with Crippen LogP contribution in [0.3, 0.4) is 0 Å². The van der Waals surface area contributed by atoms with Gasteiger partial charge in [-0.2, -0.15) is 5.10 Å². The Balaban J connectivity index is 1.98. The second-order valence-electron chi connectivity index (χ2n) is 3.89. The van der Waals surface area contributed by atoms with Crippen molar-refractivity contribution in [2.45, 2.75) is 6.54 Å². The number of benzene rings is 1. The lowest BCUT2D eigenvalue weighted by atomic mass is 10.2. The SMILES string of the molecule is Cn1nc(C(=O)NCc2ccc(F)cc2)cc1N. The molecule has 1 aromatic carbocycles. The van der Waals surface area contributed by atoms with E-state index in [1.165, 1.54) is 22.9 Å². The largest absolute Gasteiger partial charge is 0.384 e. The van der Waals surface area contributed by atoms with E-state index in [1.807, 2.05) is 0 Å². The zero-order valence-corrected chi connectivity index (χ0v) is 9.85. The third kappa shape index (κ3) is 2.65. The Morgan fingerprint density at radius 3 is 2.67 bits per heavy atom. The Morgan fingerprint density at radius 2 is 2.11 bits per heavy atom. The predicted molar refractivity (Wildman–Crippen MR) is 65.2 cm³/mol. The van der Waals surface area contributed by atoms with Crippen molar-refractivity contribution < 1.29 is 9.18 Å². The molecule has 5 nitrogen and oxygen atoms in total. The third-order valence-corrected chi connectivity index (χ3v) is 2.51. The summed E-state index contributed by atoms with van der Waals surface area (Å²) in [5, 5.41) is 6.64. The number of aryl methyl sites for hydroxylation is 1. The summed E-state index contributed by atoms with van der Waals surface area (Å²) in [5.74, 6) is -0.198. The Morgan fingerprint density at radius 1 is 1.44 bits per heavy atom. The molecule has 1 heterocycles. The number of halogens is 1. The number of nitrogens with two attached hydrogens (primary N) is 1. The zero-order valence-electron chi connectivity index (χ0n) is 9.85. The highest BCUT2D eigenvalue weighted by molar-refractivity contribution is 5.92. The number of anilines is 1. The molecular weight excluding hydrogens is 235 g/mol. The fourth-order valence-corrected chi connectivity index (χ4v) is 1.47. The van der Waals surface area contributed by atoms with Gasteiger partial charge in [-0.05, 0) is 17.7 Å². The molecule has 94 valence electrons. The molecule has 0 spiro atoms. The average molecular weight is 248 g/mol. The molecular formula is C12H13FN4O. The lowest BCUT2D eigenvalue weighted by molar-refractivity contribution is 0.0945. The van der Waals surface area contributed by atoms with Crippen molar-refractivity contribution in [3.05, 3.63) is 47.4 Å². The van der Waals surface area contributed by atoms with Gasteiger partial charge in [0.05, 0.1) is 0 Å². The summed E-state index contributed by atoms with van der Waals surface area (Å²) in [6.07, 6.45) is 0. The topological polar surface area (TPSA) is 72.9 Å². The first kappa shape index (κ1) is 12.1. The summed E-state index contributed by atoms with van der Waals surface area (Å²) < 4.78 is 14.1. The number of nitrogens with zero attached hydrogens (tertiary/aromatic N) is 2. The van der Waals surface area contributed by atoms with Gasteiger partial charge in [-0.25, -0.2) is 4.39 Å². The van der Waals surface area contributed by atoms with Crippen LogP contribution in [-0.2, 0) is 13.6 Å². The van der Waals surface area contributed by atoms with Crippen molar-refractivity contribution in [3.63, 3.8) is 0 Å². The Labute approximate surface area is 103 Å². The molecule has 0 unspecified atom stereocenters. The molecule has 0 saturated carbocycles. The first-order valence-corrected chi connectivity index (χ1v) is 5.38. The van der Waals surface area contributed by atoms with Gasteiger partial charge in [0.15, 0.2) is 5.69 Å². The number of rotatable bonds is 3. The maximum absolute atomic E-state index is 12.7. The van der Waals surface area contributed by atoms with Gasteiger partial charge in [-0.15, -0.1) is 0 Å². The molecule has 0 atom stereocenters. The Hall–Kier alpha value is -2.37. The molecule has 1 aromatic heterocycles. The van der Waals surface area contributed by atoms with Gasteiger partial charge in [0.25, 0.3) is 5.91 Å². The standard InChI is InChI=1S/C12H13FN4O/c1-17-11(14)6-10(16-17)12(18)15-7-8-2-4-9(13)5-3-8/h2-6H,7,14H2,1H3,(H,15,18). The fraction of sp³-hybridized carbons (Fsp3) is 0.167. The van der Waals surface area contributed by atoms with Crippen molar-refractivity contribution in [2.24, 2.45) is 7.05 Å². The van der Waals surface area contributed by atoms with E-state index in [0.717, 1.165) is 5.56 Å². The van der Waals surface area contributed by atoms with Crippen LogP contribution in [0.5, 0.6) is 0 Å². The van der Waals surface area contributed by atoms with E-state index in [2.05, 4.69) is 10.4 Å². The zero-order chi connectivity index (χ0) is 13.1. The molecule has 0 saturated heterocycles. The van der Waals surface area contributed by atoms with Gasteiger partial charge < -0.3 is 11.1 Å². The van der Waals surface area contributed by atoms with Crippen LogP contribution in [0.4, 0.5) is 10.2 Å². The maximum atomic E-state index is 12.7. The summed E-state index contributed by atoms with van der Waals surface area (Å²) in [6, 6.07) is 7.42. The van der Waals surface area contributed by atoms with Gasteiger partial charge >= 0.3 is 0 Å². The summed E-state index contributed by atoms with van der Waals surface area (Å²) in [5.41, 5.74) is 6.66. The van der Waals surface area contributed by atoms with Crippen LogP contribution >= 0.6 is 0 Å². The monoisotopic (exact) mass is 248 g/mol. The van der Waals surface area contributed by atoms with Crippen molar-refractivity contribution in [2.75, 3.05) is 5.73 Å². The molecule has 0 fully saturated rings. The summed E-state index contributed by atoms with van der Waals surface area (Å²) in [7, 11) is 1.66. The summed E-state index contributed by atoms with van der Waals surface area (Å²) >= 11 is 0. The minimum absolute atomic E-state index is 0.261. The summed E-state index contributed by atoms with van der Waals surface area (Å²) in [6.45, 7) is 0.315. The molecule has 0 aliphatic heterocycles. The van der Waals surface area contributed by atoms with Crippen LogP contribution in [-0.4, -0.2) is 15.7 Å². The molecule has 2 aromatic rings.